The van der Waals surface area contributed by atoms with Crippen molar-refractivity contribution in [3.63, 3.8) is 0 Å². The van der Waals surface area contributed by atoms with Crippen LogP contribution in [0.2, 0.25) is 0 Å². The zero-order valence-electron chi connectivity index (χ0n) is 14.4. The molecular weight excluding hydrogens is 328 g/mol. The average Bonchev–Trinajstić information content (AvgIpc) is 3.12. The molecule has 1 saturated carbocycles. The molecule has 2 fully saturated rings. The first kappa shape index (κ1) is 17.8. The van der Waals surface area contributed by atoms with Crippen molar-refractivity contribution >= 4 is 11.8 Å². The lowest BCUT2D eigenvalue weighted by molar-refractivity contribution is -0.125. The van der Waals surface area contributed by atoms with Gasteiger partial charge in [0.25, 0.3) is 5.91 Å². The number of piperazine rings is 1. The van der Waals surface area contributed by atoms with E-state index in [4.69, 9.17) is 9.26 Å². The zero-order valence-corrected chi connectivity index (χ0v) is 14.4. The van der Waals surface area contributed by atoms with Crippen molar-refractivity contribution in [1.29, 1.82) is 0 Å². The van der Waals surface area contributed by atoms with Crippen LogP contribution in [-0.2, 0) is 16.1 Å². The van der Waals surface area contributed by atoms with Crippen LogP contribution in [0.25, 0.3) is 0 Å². The van der Waals surface area contributed by atoms with E-state index < -0.39 is 6.10 Å². The number of aromatic nitrogens is 1. The summed E-state index contributed by atoms with van der Waals surface area (Å²) in [5.74, 6) is 0.120. The zero-order chi connectivity index (χ0) is 18.0. The Hall–Kier alpha value is -1.97. The van der Waals surface area contributed by atoms with Crippen molar-refractivity contribution in [2.75, 3.05) is 26.7 Å². The van der Waals surface area contributed by atoms with Crippen LogP contribution in [-0.4, -0.2) is 71.9 Å². The number of carbonyl (C=O) groups is 2. The highest BCUT2D eigenvalue weighted by Gasteiger charge is 2.40. The van der Waals surface area contributed by atoms with Gasteiger partial charge < -0.3 is 25.0 Å². The van der Waals surface area contributed by atoms with E-state index >= 15 is 0 Å². The van der Waals surface area contributed by atoms with Crippen LogP contribution >= 0.6 is 0 Å². The third kappa shape index (κ3) is 3.68. The molecule has 0 radical (unpaired) electrons. The van der Waals surface area contributed by atoms with Crippen molar-refractivity contribution < 1.29 is 24.0 Å². The van der Waals surface area contributed by atoms with Crippen LogP contribution in [0, 0.1) is 6.92 Å². The SMILES string of the molecule is COCc1c(C(=O)N[C@@H]2CC[C@@H](N3CCNC(=O)C3)[C@@H]2O)noc1C. The minimum atomic E-state index is -0.728. The van der Waals surface area contributed by atoms with E-state index in [-0.39, 0.29) is 42.7 Å². The van der Waals surface area contributed by atoms with Gasteiger partial charge in [-0.2, -0.15) is 0 Å². The normalized spacial score (nSPS) is 27.3. The van der Waals surface area contributed by atoms with Crippen LogP contribution in [0.5, 0.6) is 0 Å². The molecule has 0 unspecified atom stereocenters. The third-order valence-corrected chi connectivity index (χ3v) is 4.92. The standard InChI is InChI=1S/C16H24N4O5/c1-9-10(8-24-2)14(19-25-9)16(23)18-11-3-4-12(15(11)22)20-6-5-17-13(21)7-20/h11-12,15,22H,3-8H2,1-2H3,(H,17,21)(H,18,23)/t11-,12-,15-/m1/s1. The lowest BCUT2D eigenvalue weighted by atomic mass is 10.1. The molecular formula is C16H24N4O5. The van der Waals surface area contributed by atoms with Crippen LogP contribution in [0.15, 0.2) is 4.52 Å². The second-order valence-corrected chi connectivity index (χ2v) is 6.53. The first-order valence-electron chi connectivity index (χ1n) is 8.45. The molecule has 0 spiro atoms. The summed E-state index contributed by atoms with van der Waals surface area (Å²) in [4.78, 5) is 26.0. The Morgan fingerprint density at radius 1 is 1.52 bits per heavy atom. The molecule has 1 saturated heterocycles. The van der Waals surface area contributed by atoms with Crippen molar-refractivity contribution in [1.82, 2.24) is 20.7 Å². The Labute approximate surface area is 145 Å². The van der Waals surface area contributed by atoms with E-state index in [1.165, 1.54) is 7.11 Å². The molecule has 2 aliphatic rings. The van der Waals surface area contributed by atoms with Gasteiger partial charge in [-0.15, -0.1) is 0 Å². The highest BCUT2D eigenvalue weighted by molar-refractivity contribution is 5.94. The Kier molecular flexibility index (Phi) is 5.36. The minimum absolute atomic E-state index is 0.0341. The van der Waals surface area contributed by atoms with Crippen LogP contribution in [0.3, 0.4) is 0 Å². The molecule has 2 heterocycles. The number of carbonyl (C=O) groups excluding carboxylic acids is 2. The van der Waals surface area contributed by atoms with Crippen molar-refractivity contribution in [3.05, 3.63) is 17.0 Å². The van der Waals surface area contributed by atoms with E-state index in [9.17, 15) is 14.7 Å². The maximum Gasteiger partial charge on any atom is 0.274 e. The van der Waals surface area contributed by atoms with E-state index in [0.717, 1.165) is 6.42 Å². The average molecular weight is 352 g/mol. The number of hydrogen-bond donors (Lipinski definition) is 3. The van der Waals surface area contributed by atoms with Gasteiger partial charge in [0.2, 0.25) is 5.91 Å². The molecule has 138 valence electrons. The number of nitrogens with zero attached hydrogens (tertiary/aromatic N) is 2. The number of aliphatic hydroxyl groups excluding tert-OH is 1. The van der Waals surface area contributed by atoms with Gasteiger partial charge in [0, 0.05) is 26.2 Å². The third-order valence-electron chi connectivity index (χ3n) is 4.92. The van der Waals surface area contributed by atoms with Gasteiger partial charge >= 0.3 is 0 Å². The first-order chi connectivity index (χ1) is 12.0. The smallest absolute Gasteiger partial charge is 0.274 e. The summed E-state index contributed by atoms with van der Waals surface area (Å²) in [6, 6.07) is -0.510. The summed E-state index contributed by atoms with van der Waals surface area (Å²) in [5.41, 5.74) is 0.795. The van der Waals surface area contributed by atoms with E-state index in [1.54, 1.807) is 6.92 Å². The van der Waals surface area contributed by atoms with Gasteiger partial charge in [-0.1, -0.05) is 5.16 Å². The number of ether oxygens (including phenoxy) is 1. The van der Waals surface area contributed by atoms with Gasteiger partial charge in [-0.05, 0) is 19.8 Å². The topological polar surface area (TPSA) is 117 Å². The molecule has 1 aliphatic heterocycles. The molecule has 1 aliphatic carbocycles. The summed E-state index contributed by atoms with van der Waals surface area (Å²) < 4.78 is 10.2. The maximum atomic E-state index is 12.5. The van der Waals surface area contributed by atoms with Gasteiger partial charge in [0.1, 0.15) is 5.76 Å². The minimum Gasteiger partial charge on any atom is -0.389 e. The fraction of sp³-hybridized carbons (Fsp3) is 0.688. The molecule has 3 rings (SSSR count). The number of aliphatic hydroxyl groups is 1. The number of aryl methyl sites for hydroxylation is 1. The second-order valence-electron chi connectivity index (χ2n) is 6.53. The Morgan fingerprint density at radius 3 is 3.04 bits per heavy atom. The monoisotopic (exact) mass is 352 g/mol. The number of amides is 2. The van der Waals surface area contributed by atoms with Crippen molar-refractivity contribution in [2.45, 2.75) is 44.6 Å². The van der Waals surface area contributed by atoms with Gasteiger partial charge in [-0.25, -0.2) is 0 Å². The summed E-state index contributed by atoms with van der Waals surface area (Å²) in [7, 11) is 1.54. The van der Waals surface area contributed by atoms with Crippen molar-refractivity contribution in [2.24, 2.45) is 0 Å². The van der Waals surface area contributed by atoms with E-state index in [2.05, 4.69) is 15.8 Å². The fourth-order valence-corrected chi connectivity index (χ4v) is 3.58. The number of methoxy groups -OCH3 is 1. The highest BCUT2D eigenvalue weighted by atomic mass is 16.5. The highest BCUT2D eigenvalue weighted by Crippen LogP contribution is 2.26. The predicted molar refractivity (Wildman–Crippen MR) is 86.8 cm³/mol. The van der Waals surface area contributed by atoms with Crippen LogP contribution in [0.4, 0.5) is 0 Å². The molecule has 3 atom stereocenters. The van der Waals surface area contributed by atoms with Gasteiger partial charge in [0.15, 0.2) is 5.69 Å². The quantitative estimate of drug-likeness (QED) is 0.634. The van der Waals surface area contributed by atoms with E-state index in [0.29, 0.717) is 30.8 Å². The number of nitrogens with one attached hydrogen (secondary N) is 2. The van der Waals surface area contributed by atoms with Crippen molar-refractivity contribution in [3.8, 4) is 0 Å². The molecule has 9 heteroatoms. The molecule has 9 nitrogen and oxygen atoms in total. The largest absolute Gasteiger partial charge is 0.389 e. The van der Waals surface area contributed by atoms with Gasteiger partial charge in [0.05, 0.1) is 30.9 Å². The summed E-state index contributed by atoms with van der Waals surface area (Å²) in [5, 5.41) is 20.0. The Bertz CT molecular complexity index is 646. The molecule has 2 amide bonds. The number of hydrogen-bond acceptors (Lipinski definition) is 7. The fourth-order valence-electron chi connectivity index (χ4n) is 3.58. The Morgan fingerprint density at radius 2 is 2.32 bits per heavy atom. The molecule has 1 aromatic heterocycles. The van der Waals surface area contributed by atoms with Crippen LogP contribution < -0.4 is 10.6 Å². The van der Waals surface area contributed by atoms with Crippen LogP contribution in [0.1, 0.15) is 34.7 Å². The summed E-state index contributed by atoms with van der Waals surface area (Å²) >= 11 is 0. The number of rotatable bonds is 5. The van der Waals surface area contributed by atoms with Gasteiger partial charge in [-0.3, -0.25) is 14.5 Å². The predicted octanol–water partition coefficient (Wildman–Crippen LogP) is -0.817. The lowest BCUT2D eigenvalue weighted by Gasteiger charge is -2.34. The van der Waals surface area contributed by atoms with E-state index in [1.807, 2.05) is 4.90 Å². The molecule has 0 bridgehead atoms. The summed E-state index contributed by atoms with van der Waals surface area (Å²) in [6.07, 6.45) is 0.641. The molecule has 1 aromatic rings. The second kappa shape index (κ2) is 7.51. The first-order valence-corrected chi connectivity index (χ1v) is 8.45. The molecule has 3 N–H and O–H groups in total. The molecule has 0 aromatic carbocycles. The Balaban J connectivity index is 1.64. The lowest BCUT2D eigenvalue weighted by Crippen LogP contribution is -2.55. The molecule has 25 heavy (non-hydrogen) atoms. The summed E-state index contributed by atoms with van der Waals surface area (Å²) in [6.45, 7) is 3.52. The maximum absolute atomic E-state index is 12.5.